The van der Waals surface area contributed by atoms with Crippen LogP contribution < -0.4 is 5.73 Å². The van der Waals surface area contributed by atoms with Crippen LogP contribution in [0.25, 0.3) is 0 Å². The standard InChI is InChI=1S/C13H11NO.2C2H6/c14-12-9-5-4-8-11(12)13(15)10-6-2-1-3-7-10;2*1-2/h1-9H,14H2;2*1-2H3. The van der Waals surface area contributed by atoms with Gasteiger partial charge in [0.25, 0.3) is 0 Å². The molecule has 2 N–H and O–H groups in total. The molecular formula is C17H23NO. The summed E-state index contributed by atoms with van der Waals surface area (Å²) in [6.45, 7) is 8.00. The van der Waals surface area contributed by atoms with Gasteiger partial charge in [-0.1, -0.05) is 70.2 Å². The first-order valence-electron chi connectivity index (χ1n) is 6.73. The summed E-state index contributed by atoms with van der Waals surface area (Å²) in [5.41, 5.74) is 7.48. The van der Waals surface area contributed by atoms with E-state index in [1.807, 2.05) is 58.0 Å². The summed E-state index contributed by atoms with van der Waals surface area (Å²) in [7, 11) is 0. The predicted molar refractivity (Wildman–Crippen MR) is 83.4 cm³/mol. The number of rotatable bonds is 2. The van der Waals surface area contributed by atoms with Crippen molar-refractivity contribution >= 4 is 11.5 Å². The summed E-state index contributed by atoms with van der Waals surface area (Å²) in [6, 6.07) is 16.2. The summed E-state index contributed by atoms with van der Waals surface area (Å²) in [4.78, 5) is 12.0. The molecule has 0 bridgehead atoms. The zero-order valence-corrected chi connectivity index (χ0v) is 12.2. The van der Waals surface area contributed by atoms with Gasteiger partial charge in [-0.15, -0.1) is 0 Å². The van der Waals surface area contributed by atoms with E-state index in [-0.39, 0.29) is 5.78 Å². The molecule has 0 aromatic heterocycles. The van der Waals surface area contributed by atoms with Crippen molar-refractivity contribution in [3.8, 4) is 0 Å². The number of nitrogens with two attached hydrogens (primary N) is 1. The topological polar surface area (TPSA) is 43.1 Å². The molecule has 2 heteroatoms. The highest BCUT2D eigenvalue weighted by Crippen LogP contribution is 2.15. The Bertz CT molecular complexity index is 478. The van der Waals surface area contributed by atoms with Gasteiger partial charge < -0.3 is 5.73 Å². The maximum absolute atomic E-state index is 12.0. The normalized spacial score (nSPS) is 8.42. The van der Waals surface area contributed by atoms with E-state index < -0.39 is 0 Å². The molecule has 0 unspecified atom stereocenters. The molecule has 19 heavy (non-hydrogen) atoms. The van der Waals surface area contributed by atoms with Crippen molar-refractivity contribution in [2.45, 2.75) is 27.7 Å². The highest BCUT2D eigenvalue weighted by Gasteiger charge is 2.10. The molecule has 2 aromatic rings. The second kappa shape index (κ2) is 9.89. The monoisotopic (exact) mass is 257 g/mol. The Morgan fingerprint density at radius 1 is 0.789 bits per heavy atom. The van der Waals surface area contributed by atoms with Gasteiger partial charge in [-0.2, -0.15) is 0 Å². The lowest BCUT2D eigenvalue weighted by Crippen LogP contribution is -2.04. The van der Waals surface area contributed by atoms with Crippen LogP contribution in [0.3, 0.4) is 0 Å². The van der Waals surface area contributed by atoms with E-state index in [0.29, 0.717) is 16.8 Å². The molecule has 102 valence electrons. The minimum absolute atomic E-state index is 0.0336. The maximum Gasteiger partial charge on any atom is 0.195 e. The van der Waals surface area contributed by atoms with Gasteiger partial charge in [-0.25, -0.2) is 0 Å². The molecule has 0 radical (unpaired) electrons. The van der Waals surface area contributed by atoms with E-state index in [9.17, 15) is 4.79 Å². The number of carbonyl (C=O) groups excluding carboxylic acids is 1. The molecular weight excluding hydrogens is 234 g/mol. The average molecular weight is 257 g/mol. The fourth-order valence-electron chi connectivity index (χ4n) is 1.45. The van der Waals surface area contributed by atoms with E-state index in [1.165, 1.54) is 0 Å². The van der Waals surface area contributed by atoms with Crippen LogP contribution in [-0.4, -0.2) is 5.78 Å². The van der Waals surface area contributed by atoms with Gasteiger partial charge in [0.2, 0.25) is 0 Å². The first-order chi connectivity index (χ1) is 9.29. The molecule has 0 atom stereocenters. The Labute approximate surface area is 116 Å². The molecule has 0 fully saturated rings. The molecule has 0 saturated carbocycles. The maximum atomic E-state index is 12.0. The first kappa shape index (κ1) is 16.9. The summed E-state index contributed by atoms with van der Waals surface area (Å²) in [6.07, 6.45) is 0. The van der Waals surface area contributed by atoms with Gasteiger partial charge in [0.1, 0.15) is 0 Å². The first-order valence-corrected chi connectivity index (χ1v) is 6.73. The Morgan fingerprint density at radius 2 is 1.26 bits per heavy atom. The number of hydrogen-bond acceptors (Lipinski definition) is 2. The summed E-state index contributed by atoms with van der Waals surface area (Å²) >= 11 is 0. The number of ketones is 1. The molecule has 0 amide bonds. The second-order valence-corrected chi connectivity index (χ2v) is 3.28. The number of para-hydroxylation sites is 1. The fourth-order valence-corrected chi connectivity index (χ4v) is 1.45. The Balaban J connectivity index is 0.000000741. The van der Waals surface area contributed by atoms with Gasteiger partial charge in [0.05, 0.1) is 0 Å². The number of benzene rings is 2. The average Bonchev–Trinajstić information content (AvgIpc) is 2.52. The summed E-state index contributed by atoms with van der Waals surface area (Å²) in [5, 5.41) is 0. The van der Waals surface area contributed by atoms with Gasteiger partial charge in [-0.05, 0) is 12.1 Å². The van der Waals surface area contributed by atoms with E-state index in [0.717, 1.165) is 0 Å². The van der Waals surface area contributed by atoms with Gasteiger partial charge in [-0.3, -0.25) is 4.79 Å². The number of hydrogen-bond donors (Lipinski definition) is 1. The SMILES string of the molecule is CC.CC.Nc1ccccc1C(=O)c1ccccc1. The van der Waals surface area contributed by atoms with Crippen LogP contribution in [-0.2, 0) is 0 Å². The molecule has 0 spiro atoms. The van der Waals surface area contributed by atoms with Crippen LogP contribution in [0, 0.1) is 0 Å². The number of anilines is 1. The lowest BCUT2D eigenvalue weighted by molar-refractivity contribution is 0.103. The van der Waals surface area contributed by atoms with Crippen LogP contribution in [0.4, 0.5) is 5.69 Å². The van der Waals surface area contributed by atoms with Crippen molar-refractivity contribution < 1.29 is 4.79 Å². The summed E-state index contributed by atoms with van der Waals surface area (Å²) in [5.74, 6) is -0.0336. The van der Waals surface area contributed by atoms with E-state index in [2.05, 4.69) is 0 Å². The molecule has 0 aliphatic heterocycles. The minimum Gasteiger partial charge on any atom is -0.398 e. The summed E-state index contributed by atoms with van der Waals surface area (Å²) < 4.78 is 0. The zero-order valence-electron chi connectivity index (χ0n) is 12.2. The zero-order chi connectivity index (χ0) is 14.7. The van der Waals surface area contributed by atoms with Crippen molar-refractivity contribution in [1.29, 1.82) is 0 Å². The largest absolute Gasteiger partial charge is 0.398 e. The lowest BCUT2D eigenvalue weighted by atomic mass is 10.0. The molecule has 2 rings (SSSR count). The van der Waals surface area contributed by atoms with Crippen LogP contribution >= 0.6 is 0 Å². The fraction of sp³-hybridized carbons (Fsp3) is 0.235. The third kappa shape index (κ3) is 4.96. The Hall–Kier alpha value is -2.09. The van der Waals surface area contributed by atoms with Gasteiger partial charge >= 0.3 is 0 Å². The highest BCUT2D eigenvalue weighted by atomic mass is 16.1. The van der Waals surface area contributed by atoms with Crippen LogP contribution in [0.2, 0.25) is 0 Å². The van der Waals surface area contributed by atoms with Crippen molar-refractivity contribution in [1.82, 2.24) is 0 Å². The van der Waals surface area contributed by atoms with Crippen molar-refractivity contribution in [3.63, 3.8) is 0 Å². The van der Waals surface area contributed by atoms with Crippen molar-refractivity contribution in [2.24, 2.45) is 0 Å². The van der Waals surface area contributed by atoms with E-state index in [1.54, 1.807) is 24.3 Å². The predicted octanol–water partition coefficient (Wildman–Crippen LogP) is 4.55. The van der Waals surface area contributed by atoms with Crippen LogP contribution in [0.15, 0.2) is 54.6 Å². The van der Waals surface area contributed by atoms with E-state index >= 15 is 0 Å². The molecule has 0 saturated heterocycles. The van der Waals surface area contributed by atoms with E-state index in [4.69, 9.17) is 5.73 Å². The van der Waals surface area contributed by atoms with Crippen LogP contribution in [0.1, 0.15) is 43.6 Å². The smallest absolute Gasteiger partial charge is 0.195 e. The Morgan fingerprint density at radius 3 is 1.79 bits per heavy atom. The molecule has 0 aliphatic carbocycles. The third-order valence-electron chi connectivity index (χ3n) is 2.24. The molecule has 0 aliphatic rings. The molecule has 2 nitrogen and oxygen atoms in total. The second-order valence-electron chi connectivity index (χ2n) is 3.28. The molecule has 2 aromatic carbocycles. The number of carbonyl (C=O) groups is 1. The van der Waals surface area contributed by atoms with Gasteiger partial charge in [0, 0.05) is 16.8 Å². The van der Waals surface area contributed by atoms with Gasteiger partial charge in [0.15, 0.2) is 5.78 Å². The van der Waals surface area contributed by atoms with Crippen molar-refractivity contribution in [2.75, 3.05) is 5.73 Å². The molecule has 0 heterocycles. The highest BCUT2D eigenvalue weighted by molar-refractivity contribution is 6.11. The lowest BCUT2D eigenvalue weighted by Gasteiger charge is -2.03. The van der Waals surface area contributed by atoms with Crippen LogP contribution in [0.5, 0.6) is 0 Å². The third-order valence-corrected chi connectivity index (χ3v) is 2.24. The minimum atomic E-state index is -0.0336. The number of nitrogen functional groups attached to an aromatic ring is 1. The Kier molecular flexibility index (Phi) is 8.80. The quantitative estimate of drug-likeness (QED) is 0.633. The van der Waals surface area contributed by atoms with Crippen molar-refractivity contribution in [3.05, 3.63) is 65.7 Å².